The van der Waals surface area contributed by atoms with Gasteiger partial charge >= 0.3 is 0 Å². The fourth-order valence-electron chi connectivity index (χ4n) is 4.02. The van der Waals surface area contributed by atoms with E-state index in [4.69, 9.17) is 4.98 Å². The van der Waals surface area contributed by atoms with E-state index in [1.54, 1.807) is 11.3 Å². The van der Waals surface area contributed by atoms with E-state index in [1.165, 1.54) is 38.5 Å². The minimum Gasteiger partial charge on any atom is -0.391 e. The summed E-state index contributed by atoms with van der Waals surface area (Å²) in [7, 11) is 0. The molecule has 0 bridgehead atoms. The van der Waals surface area contributed by atoms with Crippen LogP contribution in [0.2, 0.25) is 0 Å². The van der Waals surface area contributed by atoms with E-state index in [0.717, 1.165) is 28.2 Å². The van der Waals surface area contributed by atoms with Gasteiger partial charge in [0, 0.05) is 18.0 Å². The molecule has 0 radical (unpaired) electrons. The molecule has 2 fully saturated rings. The lowest BCUT2D eigenvalue weighted by Crippen LogP contribution is -2.46. The molecule has 2 aliphatic rings. The summed E-state index contributed by atoms with van der Waals surface area (Å²) < 4.78 is 0. The quantitative estimate of drug-likeness (QED) is 0.894. The first-order chi connectivity index (χ1) is 10.0. The normalized spacial score (nSPS) is 26.8. The summed E-state index contributed by atoms with van der Waals surface area (Å²) in [6, 6.07) is 0.693. The molecule has 2 heterocycles. The van der Waals surface area contributed by atoms with Gasteiger partial charge in [-0.1, -0.05) is 44.9 Å². The first-order valence-corrected chi connectivity index (χ1v) is 9.20. The average Bonchev–Trinajstić information content (AvgIpc) is 2.91. The van der Waals surface area contributed by atoms with E-state index >= 15 is 0 Å². The van der Waals surface area contributed by atoms with E-state index < -0.39 is 0 Å². The summed E-state index contributed by atoms with van der Waals surface area (Å²) in [5.41, 5.74) is 1.09. The molecule has 1 aromatic rings. The SMILES string of the molecule is CC(C)(C)c1nc(N2CCCC3CCCCC32)sc1CO. The van der Waals surface area contributed by atoms with Crippen molar-refractivity contribution in [2.75, 3.05) is 11.4 Å². The van der Waals surface area contributed by atoms with Crippen LogP contribution >= 0.6 is 11.3 Å². The first kappa shape index (κ1) is 15.3. The smallest absolute Gasteiger partial charge is 0.186 e. The fraction of sp³-hybridized carbons (Fsp3) is 0.824. The Balaban J connectivity index is 1.90. The lowest BCUT2D eigenvalue weighted by atomic mass is 9.78. The molecular weight excluding hydrogens is 280 g/mol. The zero-order valence-corrected chi connectivity index (χ0v) is 14.4. The second-order valence-corrected chi connectivity index (χ2v) is 8.69. The van der Waals surface area contributed by atoms with Gasteiger partial charge < -0.3 is 10.0 Å². The summed E-state index contributed by atoms with van der Waals surface area (Å²) >= 11 is 1.71. The second kappa shape index (κ2) is 5.88. The summed E-state index contributed by atoms with van der Waals surface area (Å²) in [6.07, 6.45) is 8.17. The molecule has 118 valence electrons. The number of aliphatic hydroxyl groups excluding tert-OH is 1. The number of hydrogen-bond acceptors (Lipinski definition) is 4. The van der Waals surface area contributed by atoms with Crippen molar-refractivity contribution in [2.45, 2.75) is 77.4 Å². The molecule has 3 nitrogen and oxygen atoms in total. The number of thiazole rings is 1. The van der Waals surface area contributed by atoms with Gasteiger partial charge in [-0.3, -0.25) is 0 Å². The lowest BCUT2D eigenvalue weighted by molar-refractivity contribution is 0.243. The van der Waals surface area contributed by atoms with E-state index in [1.807, 2.05) is 0 Å². The largest absolute Gasteiger partial charge is 0.391 e. The van der Waals surface area contributed by atoms with Crippen LogP contribution < -0.4 is 4.90 Å². The van der Waals surface area contributed by atoms with Crippen LogP contribution in [0.4, 0.5) is 5.13 Å². The highest BCUT2D eigenvalue weighted by Gasteiger charge is 2.35. The Morgan fingerprint density at radius 3 is 2.57 bits per heavy atom. The van der Waals surface area contributed by atoms with Crippen molar-refractivity contribution in [3.05, 3.63) is 10.6 Å². The van der Waals surface area contributed by atoms with E-state index in [-0.39, 0.29) is 12.0 Å². The van der Waals surface area contributed by atoms with Gasteiger partial charge in [0.1, 0.15) is 0 Å². The van der Waals surface area contributed by atoms with Gasteiger partial charge in [-0.15, -0.1) is 0 Å². The third-order valence-electron chi connectivity index (χ3n) is 5.03. The van der Waals surface area contributed by atoms with Crippen molar-refractivity contribution in [3.8, 4) is 0 Å². The van der Waals surface area contributed by atoms with Gasteiger partial charge in [-0.05, 0) is 31.6 Å². The number of aromatic nitrogens is 1. The maximum atomic E-state index is 9.68. The molecule has 2 atom stereocenters. The first-order valence-electron chi connectivity index (χ1n) is 8.38. The molecule has 0 aromatic carbocycles. The van der Waals surface area contributed by atoms with Gasteiger partial charge in [0.2, 0.25) is 0 Å². The highest BCUT2D eigenvalue weighted by atomic mass is 32.1. The number of hydrogen-bond donors (Lipinski definition) is 1. The summed E-state index contributed by atoms with van der Waals surface area (Å²) in [5.74, 6) is 0.868. The van der Waals surface area contributed by atoms with Gasteiger partial charge in [-0.25, -0.2) is 4.98 Å². The maximum Gasteiger partial charge on any atom is 0.186 e. The van der Waals surface area contributed by atoms with Crippen LogP contribution in [0.15, 0.2) is 0 Å². The van der Waals surface area contributed by atoms with Gasteiger partial charge in [0.05, 0.1) is 17.2 Å². The summed E-state index contributed by atoms with van der Waals surface area (Å²) in [5, 5.41) is 10.8. The Bertz CT molecular complexity index is 489. The minimum absolute atomic E-state index is 0.00850. The molecule has 1 aromatic heterocycles. The minimum atomic E-state index is 0.00850. The number of nitrogens with zero attached hydrogens (tertiary/aromatic N) is 2. The Morgan fingerprint density at radius 1 is 1.19 bits per heavy atom. The number of aliphatic hydroxyl groups is 1. The van der Waals surface area contributed by atoms with Crippen LogP contribution in [0.5, 0.6) is 0 Å². The Morgan fingerprint density at radius 2 is 1.90 bits per heavy atom. The maximum absolute atomic E-state index is 9.68. The molecule has 1 saturated heterocycles. The third-order valence-corrected chi connectivity index (χ3v) is 6.11. The van der Waals surface area contributed by atoms with E-state index in [0.29, 0.717) is 6.04 Å². The zero-order chi connectivity index (χ0) is 15.0. The predicted molar refractivity (Wildman–Crippen MR) is 89.1 cm³/mol. The highest BCUT2D eigenvalue weighted by Crippen LogP contribution is 2.41. The van der Waals surface area contributed by atoms with Crippen molar-refractivity contribution in [2.24, 2.45) is 5.92 Å². The molecule has 21 heavy (non-hydrogen) atoms. The van der Waals surface area contributed by atoms with Crippen LogP contribution in [0.3, 0.4) is 0 Å². The van der Waals surface area contributed by atoms with Crippen molar-refractivity contribution >= 4 is 16.5 Å². The standard InChI is InChI=1S/C17H28N2OS/c1-17(2,3)15-14(11-20)21-16(18-15)19-10-6-8-12-7-4-5-9-13(12)19/h12-13,20H,4-11H2,1-3H3. The Hall–Kier alpha value is -0.610. The topological polar surface area (TPSA) is 36.4 Å². The van der Waals surface area contributed by atoms with Crippen LogP contribution in [-0.4, -0.2) is 22.7 Å². The Labute approximate surface area is 132 Å². The summed E-state index contributed by atoms with van der Waals surface area (Å²) in [4.78, 5) is 8.56. The number of rotatable bonds is 2. The molecule has 3 rings (SSSR count). The zero-order valence-electron chi connectivity index (χ0n) is 13.6. The molecule has 2 unspecified atom stereocenters. The van der Waals surface area contributed by atoms with Gasteiger partial charge in [0.15, 0.2) is 5.13 Å². The second-order valence-electron chi connectivity index (χ2n) is 7.62. The van der Waals surface area contributed by atoms with Crippen molar-refractivity contribution in [1.29, 1.82) is 0 Å². The lowest BCUT2D eigenvalue weighted by Gasteiger charge is -2.44. The molecule has 0 amide bonds. The highest BCUT2D eigenvalue weighted by molar-refractivity contribution is 7.15. The van der Waals surface area contributed by atoms with E-state index in [2.05, 4.69) is 25.7 Å². The molecule has 4 heteroatoms. The molecule has 1 aliphatic carbocycles. The van der Waals surface area contributed by atoms with Crippen molar-refractivity contribution in [1.82, 2.24) is 4.98 Å². The molecule has 1 N–H and O–H groups in total. The molecule has 0 spiro atoms. The Kier molecular flexibility index (Phi) is 4.28. The van der Waals surface area contributed by atoms with Crippen LogP contribution in [0.1, 0.15) is 69.9 Å². The number of piperidine rings is 1. The van der Waals surface area contributed by atoms with Crippen LogP contribution in [0, 0.1) is 5.92 Å². The van der Waals surface area contributed by atoms with Gasteiger partial charge in [0.25, 0.3) is 0 Å². The molecule has 1 aliphatic heterocycles. The fourth-order valence-corrected chi connectivity index (χ4v) is 5.23. The predicted octanol–water partition coefficient (Wildman–Crippen LogP) is 4.09. The molecule has 1 saturated carbocycles. The third kappa shape index (κ3) is 2.98. The average molecular weight is 308 g/mol. The van der Waals surface area contributed by atoms with Gasteiger partial charge in [-0.2, -0.15) is 0 Å². The number of fused-ring (bicyclic) bond motifs is 1. The molecular formula is C17H28N2OS. The van der Waals surface area contributed by atoms with Crippen LogP contribution in [0.25, 0.3) is 0 Å². The van der Waals surface area contributed by atoms with Crippen molar-refractivity contribution < 1.29 is 5.11 Å². The van der Waals surface area contributed by atoms with E-state index in [9.17, 15) is 5.11 Å². The number of anilines is 1. The van der Waals surface area contributed by atoms with Crippen molar-refractivity contribution in [3.63, 3.8) is 0 Å². The summed E-state index contributed by atoms with van der Waals surface area (Å²) in [6.45, 7) is 7.81. The van der Waals surface area contributed by atoms with Crippen LogP contribution in [-0.2, 0) is 12.0 Å². The monoisotopic (exact) mass is 308 g/mol.